The number of carbonyl (C=O) groups excluding carboxylic acids is 1. The highest BCUT2D eigenvalue weighted by Crippen LogP contribution is 2.38. The normalized spacial score (nSPS) is 26.9. The Balaban J connectivity index is 2.91. The maximum absolute atomic E-state index is 12.5. The van der Waals surface area contributed by atoms with Gasteiger partial charge in [0, 0.05) is 6.04 Å². The zero-order valence-electron chi connectivity index (χ0n) is 11.8. The maximum atomic E-state index is 12.5. The Labute approximate surface area is 115 Å². The number of halogens is 3. The van der Waals surface area contributed by atoms with Gasteiger partial charge in [-0.15, -0.1) is 0 Å². The fourth-order valence-corrected chi connectivity index (χ4v) is 2.76. The van der Waals surface area contributed by atoms with Crippen molar-refractivity contribution in [2.45, 2.75) is 45.8 Å². The molecule has 1 rings (SSSR count). The molecule has 7 heteroatoms. The summed E-state index contributed by atoms with van der Waals surface area (Å²) in [5.41, 5.74) is 0. The van der Waals surface area contributed by atoms with Crippen LogP contribution in [-0.4, -0.2) is 40.6 Å². The first-order valence-electron chi connectivity index (χ1n) is 6.63. The number of carboxylic acid groups (broad SMARTS) is 1. The molecule has 0 spiro atoms. The molecule has 20 heavy (non-hydrogen) atoms. The van der Waals surface area contributed by atoms with Crippen molar-refractivity contribution in [1.29, 1.82) is 0 Å². The van der Waals surface area contributed by atoms with E-state index in [-0.39, 0.29) is 5.92 Å². The topological polar surface area (TPSA) is 57.6 Å². The van der Waals surface area contributed by atoms with Gasteiger partial charge in [0.05, 0.1) is 11.8 Å². The number of amides is 1. The lowest BCUT2D eigenvalue weighted by molar-refractivity contribution is -0.169. The molecule has 4 nitrogen and oxygen atoms in total. The van der Waals surface area contributed by atoms with Crippen molar-refractivity contribution in [3.8, 4) is 0 Å². The molecule has 0 aliphatic heterocycles. The van der Waals surface area contributed by atoms with Crippen molar-refractivity contribution in [3.63, 3.8) is 0 Å². The van der Waals surface area contributed by atoms with E-state index in [1.807, 2.05) is 6.92 Å². The molecule has 3 unspecified atom stereocenters. The number of aliphatic carboxylic acids is 1. The standard InChI is InChI=1S/C13H20F3NO3/c1-7(2)17(6-13(14,15)16)11(18)9-4-8(3)5-10(9)12(19)20/h7-10H,4-6H2,1-3H3,(H,19,20). The van der Waals surface area contributed by atoms with Gasteiger partial charge in [0.1, 0.15) is 6.54 Å². The van der Waals surface area contributed by atoms with Crippen LogP contribution in [0, 0.1) is 17.8 Å². The first kappa shape index (κ1) is 16.8. The van der Waals surface area contributed by atoms with Crippen LogP contribution in [-0.2, 0) is 9.59 Å². The van der Waals surface area contributed by atoms with E-state index in [1.54, 1.807) is 0 Å². The van der Waals surface area contributed by atoms with Gasteiger partial charge >= 0.3 is 12.1 Å². The molecule has 0 aromatic rings. The molecule has 1 aliphatic carbocycles. The molecular formula is C13H20F3NO3. The molecular weight excluding hydrogens is 275 g/mol. The monoisotopic (exact) mass is 295 g/mol. The van der Waals surface area contributed by atoms with E-state index < -0.39 is 42.5 Å². The molecule has 1 aliphatic rings. The molecule has 0 saturated heterocycles. The van der Waals surface area contributed by atoms with Crippen molar-refractivity contribution in [3.05, 3.63) is 0 Å². The number of rotatable bonds is 4. The van der Waals surface area contributed by atoms with Gasteiger partial charge in [0.25, 0.3) is 0 Å². The minimum absolute atomic E-state index is 0.0324. The smallest absolute Gasteiger partial charge is 0.406 e. The number of alkyl halides is 3. The van der Waals surface area contributed by atoms with Gasteiger partial charge in [-0.05, 0) is 32.6 Å². The van der Waals surface area contributed by atoms with Gasteiger partial charge in [0.2, 0.25) is 5.91 Å². The summed E-state index contributed by atoms with van der Waals surface area (Å²) in [6.45, 7) is 3.48. The lowest BCUT2D eigenvalue weighted by atomic mass is 9.94. The van der Waals surface area contributed by atoms with E-state index in [1.165, 1.54) is 13.8 Å². The zero-order valence-corrected chi connectivity index (χ0v) is 11.8. The van der Waals surface area contributed by atoms with Crippen molar-refractivity contribution in [2.75, 3.05) is 6.54 Å². The SMILES string of the molecule is CC1CC(C(=O)O)C(C(=O)N(CC(F)(F)F)C(C)C)C1. The van der Waals surface area contributed by atoms with Crippen LogP contribution < -0.4 is 0 Å². The summed E-state index contributed by atoms with van der Waals surface area (Å²) in [7, 11) is 0. The van der Waals surface area contributed by atoms with E-state index >= 15 is 0 Å². The molecule has 1 amide bonds. The first-order chi connectivity index (χ1) is 9.03. The van der Waals surface area contributed by atoms with Crippen molar-refractivity contribution >= 4 is 11.9 Å². The second kappa shape index (κ2) is 6.01. The summed E-state index contributed by atoms with van der Waals surface area (Å²) < 4.78 is 37.6. The van der Waals surface area contributed by atoms with Crippen LogP contribution >= 0.6 is 0 Å². The third kappa shape index (κ3) is 4.11. The van der Waals surface area contributed by atoms with E-state index in [2.05, 4.69) is 0 Å². The van der Waals surface area contributed by atoms with Crippen molar-refractivity contribution in [2.24, 2.45) is 17.8 Å². The lowest BCUT2D eigenvalue weighted by Crippen LogP contribution is -2.47. The fraction of sp³-hybridized carbons (Fsp3) is 0.846. The van der Waals surface area contributed by atoms with Crippen LogP contribution in [0.2, 0.25) is 0 Å². The van der Waals surface area contributed by atoms with Crippen LogP contribution in [0.5, 0.6) is 0 Å². The highest BCUT2D eigenvalue weighted by atomic mass is 19.4. The summed E-state index contributed by atoms with van der Waals surface area (Å²) in [6.07, 6.45) is -3.82. The zero-order chi connectivity index (χ0) is 15.7. The van der Waals surface area contributed by atoms with Crippen molar-refractivity contribution in [1.82, 2.24) is 4.90 Å². The van der Waals surface area contributed by atoms with E-state index in [4.69, 9.17) is 5.11 Å². The maximum Gasteiger partial charge on any atom is 0.406 e. The van der Waals surface area contributed by atoms with Crippen LogP contribution in [0.1, 0.15) is 33.6 Å². The molecule has 0 radical (unpaired) electrons. The second-order valence-electron chi connectivity index (χ2n) is 5.80. The summed E-state index contributed by atoms with van der Waals surface area (Å²) in [6, 6.07) is -0.616. The van der Waals surface area contributed by atoms with E-state index in [9.17, 15) is 22.8 Å². The summed E-state index contributed by atoms with van der Waals surface area (Å²) >= 11 is 0. The Hall–Kier alpha value is -1.27. The number of hydrogen-bond donors (Lipinski definition) is 1. The van der Waals surface area contributed by atoms with Gasteiger partial charge in [-0.1, -0.05) is 6.92 Å². The molecule has 0 heterocycles. The molecule has 116 valence electrons. The van der Waals surface area contributed by atoms with Crippen LogP contribution in [0.4, 0.5) is 13.2 Å². The number of carboxylic acids is 1. The summed E-state index contributed by atoms with van der Waals surface area (Å²) in [4.78, 5) is 24.2. The molecule has 0 bridgehead atoms. The number of hydrogen-bond acceptors (Lipinski definition) is 2. The van der Waals surface area contributed by atoms with Gasteiger partial charge in [-0.25, -0.2) is 0 Å². The van der Waals surface area contributed by atoms with Crippen LogP contribution in [0.15, 0.2) is 0 Å². The van der Waals surface area contributed by atoms with Gasteiger partial charge < -0.3 is 10.0 Å². The Morgan fingerprint density at radius 1 is 1.25 bits per heavy atom. The van der Waals surface area contributed by atoms with Crippen molar-refractivity contribution < 1.29 is 27.9 Å². The van der Waals surface area contributed by atoms with E-state index in [0.717, 1.165) is 4.90 Å². The average Bonchev–Trinajstić information content (AvgIpc) is 2.66. The molecule has 1 fully saturated rings. The van der Waals surface area contributed by atoms with Gasteiger partial charge in [-0.3, -0.25) is 9.59 Å². The molecule has 1 N–H and O–H groups in total. The van der Waals surface area contributed by atoms with E-state index in [0.29, 0.717) is 12.8 Å². The Morgan fingerprint density at radius 2 is 1.75 bits per heavy atom. The first-order valence-corrected chi connectivity index (χ1v) is 6.63. The average molecular weight is 295 g/mol. The highest BCUT2D eigenvalue weighted by Gasteiger charge is 2.45. The third-order valence-electron chi connectivity index (χ3n) is 3.69. The van der Waals surface area contributed by atoms with Gasteiger partial charge in [-0.2, -0.15) is 13.2 Å². The lowest BCUT2D eigenvalue weighted by Gasteiger charge is -2.31. The fourth-order valence-electron chi connectivity index (χ4n) is 2.76. The number of nitrogens with zero attached hydrogens (tertiary/aromatic N) is 1. The second-order valence-corrected chi connectivity index (χ2v) is 5.80. The Morgan fingerprint density at radius 3 is 2.15 bits per heavy atom. The third-order valence-corrected chi connectivity index (χ3v) is 3.69. The minimum atomic E-state index is -4.48. The molecule has 1 saturated carbocycles. The largest absolute Gasteiger partial charge is 0.481 e. The highest BCUT2D eigenvalue weighted by molar-refractivity contribution is 5.85. The predicted octanol–water partition coefficient (Wildman–Crippen LogP) is 2.53. The predicted molar refractivity (Wildman–Crippen MR) is 65.9 cm³/mol. The minimum Gasteiger partial charge on any atom is -0.481 e. The quantitative estimate of drug-likeness (QED) is 0.867. The molecule has 3 atom stereocenters. The molecule has 0 aromatic carbocycles. The number of carbonyl (C=O) groups is 2. The Kier molecular flexibility index (Phi) is 5.05. The van der Waals surface area contributed by atoms with Crippen LogP contribution in [0.3, 0.4) is 0 Å². The summed E-state index contributed by atoms with van der Waals surface area (Å²) in [5.74, 6) is -3.51. The van der Waals surface area contributed by atoms with Gasteiger partial charge in [0.15, 0.2) is 0 Å². The van der Waals surface area contributed by atoms with Crippen LogP contribution in [0.25, 0.3) is 0 Å². The Bertz CT molecular complexity index is 382. The molecule has 0 aromatic heterocycles. The summed E-state index contributed by atoms with van der Waals surface area (Å²) in [5, 5.41) is 9.11.